The van der Waals surface area contributed by atoms with Gasteiger partial charge >= 0.3 is 5.69 Å². The zero-order valence-corrected chi connectivity index (χ0v) is 11.7. The molecule has 1 fully saturated rings. The van der Waals surface area contributed by atoms with E-state index >= 15 is 0 Å². The largest absolute Gasteiger partial charge is 0.363 e. The molecule has 1 atom stereocenters. The van der Waals surface area contributed by atoms with Crippen LogP contribution < -0.4 is 5.32 Å². The number of pyridine rings is 1. The van der Waals surface area contributed by atoms with E-state index in [2.05, 4.69) is 38.2 Å². The zero-order valence-electron chi connectivity index (χ0n) is 10.1. The molecule has 1 aliphatic rings. The Balaban J connectivity index is 2.06. The van der Waals surface area contributed by atoms with Crippen LogP contribution >= 0.6 is 15.9 Å². The summed E-state index contributed by atoms with van der Waals surface area (Å²) < 4.78 is 0.609. The molecule has 0 amide bonds. The third-order valence-corrected chi connectivity index (χ3v) is 3.64. The predicted octanol–water partition coefficient (Wildman–Crippen LogP) is 2.26. The van der Waals surface area contributed by atoms with Crippen LogP contribution in [0, 0.1) is 10.1 Å². The first kappa shape index (κ1) is 13.2. The van der Waals surface area contributed by atoms with Crippen LogP contribution in [0.5, 0.6) is 0 Å². The Morgan fingerprint density at radius 1 is 1.72 bits per heavy atom. The van der Waals surface area contributed by atoms with Gasteiger partial charge in [-0.05, 0) is 42.4 Å². The number of rotatable bonds is 4. The summed E-state index contributed by atoms with van der Waals surface area (Å²) in [5.41, 5.74) is 0.00465. The molecule has 18 heavy (non-hydrogen) atoms. The Bertz CT molecular complexity index is 455. The van der Waals surface area contributed by atoms with Crippen molar-refractivity contribution in [1.29, 1.82) is 0 Å². The quantitative estimate of drug-likeness (QED) is 0.681. The van der Waals surface area contributed by atoms with Gasteiger partial charge < -0.3 is 10.2 Å². The molecule has 1 aromatic rings. The highest BCUT2D eigenvalue weighted by Crippen LogP contribution is 2.26. The van der Waals surface area contributed by atoms with Crippen molar-refractivity contribution < 1.29 is 4.92 Å². The van der Waals surface area contributed by atoms with Crippen LogP contribution in [0.25, 0.3) is 0 Å². The van der Waals surface area contributed by atoms with Crippen molar-refractivity contribution in [1.82, 2.24) is 9.88 Å². The van der Waals surface area contributed by atoms with Gasteiger partial charge in [0.1, 0.15) is 0 Å². The van der Waals surface area contributed by atoms with Gasteiger partial charge in [0.05, 0.1) is 4.92 Å². The molecule has 1 aliphatic heterocycles. The van der Waals surface area contributed by atoms with Crippen molar-refractivity contribution in [2.75, 3.05) is 25.5 Å². The molecule has 1 saturated heterocycles. The first-order chi connectivity index (χ1) is 8.58. The van der Waals surface area contributed by atoms with Crippen LogP contribution in [0.1, 0.15) is 12.8 Å². The summed E-state index contributed by atoms with van der Waals surface area (Å²) in [6, 6.07) is 1.89. The van der Waals surface area contributed by atoms with E-state index in [9.17, 15) is 10.1 Å². The van der Waals surface area contributed by atoms with Crippen LogP contribution in [-0.2, 0) is 0 Å². The van der Waals surface area contributed by atoms with Crippen molar-refractivity contribution in [2.45, 2.75) is 18.9 Å². The molecule has 0 radical (unpaired) electrons. The van der Waals surface area contributed by atoms with Gasteiger partial charge in [0.25, 0.3) is 0 Å². The summed E-state index contributed by atoms with van der Waals surface area (Å²) in [7, 11) is 2.07. The number of nitrogens with zero attached hydrogens (tertiary/aromatic N) is 3. The molecule has 1 N–H and O–H groups in total. The van der Waals surface area contributed by atoms with Gasteiger partial charge in [0.15, 0.2) is 0 Å². The lowest BCUT2D eigenvalue weighted by molar-refractivity contribution is -0.384. The number of likely N-dealkylation sites (tertiary alicyclic amines) is 1. The number of halogens is 1. The van der Waals surface area contributed by atoms with Crippen molar-refractivity contribution >= 4 is 27.4 Å². The minimum Gasteiger partial charge on any atom is -0.363 e. The summed E-state index contributed by atoms with van der Waals surface area (Å²) in [5, 5.41) is 14.0. The average Bonchev–Trinajstić information content (AvgIpc) is 2.73. The van der Waals surface area contributed by atoms with Crippen LogP contribution in [0.2, 0.25) is 0 Å². The number of likely N-dealkylation sites (N-methyl/N-ethyl adjacent to an activating group) is 1. The Labute approximate surface area is 114 Å². The van der Waals surface area contributed by atoms with E-state index in [1.165, 1.54) is 12.5 Å². The number of hydrogen-bond donors (Lipinski definition) is 1. The van der Waals surface area contributed by atoms with E-state index in [1.807, 2.05) is 0 Å². The Morgan fingerprint density at radius 3 is 3.11 bits per heavy atom. The summed E-state index contributed by atoms with van der Waals surface area (Å²) in [6.07, 6.45) is 3.86. The lowest BCUT2D eigenvalue weighted by atomic mass is 10.2. The molecule has 0 aliphatic carbocycles. The molecule has 0 aromatic carbocycles. The Kier molecular flexibility index (Phi) is 4.13. The number of nitro groups is 1. The second-order valence-corrected chi connectivity index (χ2v) is 5.35. The zero-order chi connectivity index (χ0) is 13.1. The topological polar surface area (TPSA) is 71.3 Å². The van der Waals surface area contributed by atoms with E-state index in [0.717, 1.165) is 13.0 Å². The van der Waals surface area contributed by atoms with E-state index in [-0.39, 0.29) is 5.69 Å². The SMILES string of the molecule is CN1CCCC1CNc1ncc(Br)cc1[N+](=O)[O-]. The van der Waals surface area contributed by atoms with Gasteiger partial charge in [-0.3, -0.25) is 10.1 Å². The third kappa shape index (κ3) is 2.97. The normalized spacial score (nSPS) is 20.0. The number of anilines is 1. The van der Waals surface area contributed by atoms with E-state index in [4.69, 9.17) is 0 Å². The minimum atomic E-state index is -0.418. The van der Waals surface area contributed by atoms with Gasteiger partial charge in [0.2, 0.25) is 5.82 Å². The maximum atomic E-state index is 10.9. The predicted molar refractivity (Wildman–Crippen MR) is 72.7 cm³/mol. The Morgan fingerprint density at radius 2 is 2.50 bits per heavy atom. The summed E-state index contributed by atoms with van der Waals surface area (Å²) in [5.74, 6) is 0.337. The molecule has 0 spiro atoms. The molecule has 0 bridgehead atoms. The summed E-state index contributed by atoms with van der Waals surface area (Å²) >= 11 is 3.19. The highest BCUT2D eigenvalue weighted by molar-refractivity contribution is 9.10. The molecular weight excluding hydrogens is 300 g/mol. The van der Waals surface area contributed by atoms with Crippen LogP contribution in [0.3, 0.4) is 0 Å². The molecule has 1 aromatic heterocycles. The van der Waals surface area contributed by atoms with Gasteiger partial charge in [-0.15, -0.1) is 0 Å². The highest BCUT2D eigenvalue weighted by atomic mass is 79.9. The number of hydrogen-bond acceptors (Lipinski definition) is 5. The summed E-state index contributed by atoms with van der Waals surface area (Å²) in [6.45, 7) is 1.77. The maximum absolute atomic E-state index is 10.9. The second-order valence-electron chi connectivity index (χ2n) is 4.44. The number of nitrogens with one attached hydrogen (secondary N) is 1. The van der Waals surface area contributed by atoms with E-state index < -0.39 is 4.92 Å². The molecule has 2 rings (SSSR count). The van der Waals surface area contributed by atoms with Crippen molar-refractivity contribution in [3.63, 3.8) is 0 Å². The first-order valence-electron chi connectivity index (χ1n) is 5.82. The lowest BCUT2D eigenvalue weighted by Crippen LogP contribution is -2.31. The van der Waals surface area contributed by atoms with Crippen LogP contribution in [0.15, 0.2) is 16.7 Å². The van der Waals surface area contributed by atoms with Crippen LogP contribution in [0.4, 0.5) is 11.5 Å². The van der Waals surface area contributed by atoms with Crippen molar-refractivity contribution in [3.05, 3.63) is 26.9 Å². The fraction of sp³-hybridized carbons (Fsp3) is 0.545. The van der Waals surface area contributed by atoms with E-state index in [1.54, 1.807) is 6.20 Å². The second kappa shape index (κ2) is 5.62. The first-order valence-corrected chi connectivity index (χ1v) is 6.61. The molecule has 6 nitrogen and oxygen atoms in total. The van der Waals surface area contributed by atoms with Crippen molar-refractivity contribution in [3.8, 4) is 0 Å². The molecule has 2 heterocycles. The summed E-state index contributed by atoms with van der Waals surface area (Å²) in [4.78, 5) is 16.8. The fourth-order valence-corrected chi connectivity index (χ4v) is 2.47. The molecule has 7 heteroatoms. The van der Waals surface area contributed by atoms with Gasteiger partial charge in [-0.25, -0.2) is 4.98 Å². The monoisotopic (exact) mass is 314 g/mol. The molecule has 1 unspecified atom stereocenters. The molecule has 0 saturated carbocycles. The average molecular weight is 315 g/mol. The smallest absolute Gasteiger partial charge is 0.312 e. The van der Waals surface area contributed by atoms with Crippen LogP contribution in [-0.4, -0.2) is 41.0 Å². The third-order valence-electron chi connectivity index (χ3n) is 3.21. The molecular formula is C11H15BrN4O2. The minimum absolute atomic E-state index is 0.00465. The Hall–Kier alpha value is -1.21. The molecule has 98 valence electrons. The van der Waals surface area contributed by atoms with Gasteiger partial charge in [-0.2, -0.15) is 0 Å². The number of aromatic nitrogens is 1. The van der Waals surface area contributed by atoms with E-state index in [0.29, 0.717) is 22.9 Å². The maximum Gasteiger partial charge on any atom is 0.312 e. The van der Waals surface area contributed by atoms with Crippen molar-refractivity contribution in [2.24, 2.45) is 0 Å². The standard InChI is InChI=1S/C11H15BrN4O2/c1-15-4-2-3-9(15)7-14-11-10(16(17)18)5-8(12)6-13-11/h5-6,9H,2-4,7H2,1H3,(H,13,14). The van der Waals surface area contributed by atoms with Gasteiger partial charge in [0, 0.05) is 29.3 Å². The van der Waals surface area contributed by atoms with Gasteiger partial charge in [-0.1, -0.05) is 0 Å². The fourth-order valence-electron chi connectivity index (χ4n) is 2.16. The lowest BCUT2D eigenvalue weighted by Gasteiger charge is -2.19. The highest BCUT2D eigenvalue weighted by Gasteiger charge is 2.22.